The van der Waals surface area contributed by atoms with Crippen LogP contribution in [0.25, 0.3) is 0 Å². The van der Waals surface area contributed by atoms with Crippen molar-refractivity contribution in [3.63, 3.8) is 0 Å². The molecule has 3 N–H and O–H groups in total. The zero-order valence-corrected chi connectivity index (χ0v) is 19.8. The average Bonchev–Trinajstić information content (AvgIpc) is 3.16. The predicted molar refractivity (Wildman–Crippen MR) is 112 cm³/mol. The monoisotopic (exact) mass is 466 g/mol. The SMILES string of the molecule is CC(C)(C)C(=O)OCO[PH]1(O)OCC(C)(C)[C@H](C(=O)NCCC(=O)OC2CCNC2)O1. The molecule has 2 fully saturated rings. The number of carbonyl (C=O) groups is 3. The zero-order valence-electron chi connectivity index (χ0n) is 18.8. The van der Waals surface area contributed by atoms with E-state index in [9.17, 15) is 19.3 Å². The summed E-state index contributed by atoms with van der Waals surface area (Å²) in [4.78, 5) is 46.9. The van der Waals surface area contributed by atoms with Crippen LogP contribution in [0.4, 0.5) is 0 Å². The summed E-state index contributed by atoms with van der Waals surface area (Å²) >= 11 is 0. The minimum atomic E-state index is -4.20. The molecule has 31 heavy (non-hydrogen) atoms. The molecule has 11 nitrogen and oxygen atoms in total. The van der Waals surface area contributed by atoms with Gasteiger partial charge in [0.15, 0.2) is 0 Å². The third kappa shape index (κ3) is 7.93. The van der Waals surface area contributed by atoms with Gasteiger partial charge in [0.1, 0.15) is 0 Å². The van der Waals surface area contributed by atoms with Crippen molar-refractivity contribution < 1.29 is 42.3 Å². The van der Waals surface area contributed by atoms with Crippen LogP contribution in [0, 0.1) is 10.8 Å². The summed E-state index contributed by atoms with van der Waals surface area (Å²) in [5, 5.41) is 5.74. The average molecular weight is 466 g/mol. The van der Waals surface area contributed by atoms with Crippen LogP contribution in [0.3, 0.4) is 0 Å². The van der Waals surface area contributed by atoms with Crippen LogP contribution in [0.5, 0.6) is 0 Å². The van der Waals surface area contributed by atoms with Gasteiger partial charge in [0.2, 0.25) is 0 Å². The van der Waals surface area contributed by atoms with Crippen molar-refractivity contribution in [2.75, 3.05) is 33.0 Å². The van der Waals surface area contributed by atoms with E-state index in [1.54, 1.807) is 34.6 Å². The standard InChI is InChI=1S/C19H35N2O9P/c1-18(2,3)17(24)26-12-28-31(25)27-11-19(4,5)15(30-31)16(23)21-9-7-14(22)29-13-6-8-20-10-13/h13,15,20,25,31H,6-12H2,1-5H3,(H,21,23)/t13?,15-/m0/s1. The van der Waals surface area contributed by atoms with E-state index in [2.05, 4.69) is 10.6 Å². The fraction of sp³-hybridized carbons (Fsp3) is 0.842. The summed E-state index contributed by atoms with van der Waals surface area (Å²) in [5.74, 6) is -1.42. The van der Waals surface area contributed by atoms with E-state index in [0.29, 0.717) is 6.54 Å². The molecule has 0 saturated carbocycles. The maximum absolute atomic E-state index is 12.7. The van der Waals surface area contributed by atoms with E-state index in [1.807, 2.05) is 0 Å². The van der Waals surface area contributed by atoms with Gasteiger partial charge in [0, 0.05) is 0 Å². The van der Waals surface area contributed by atoms with E-state index < -0.39 is 49.7 Å². The second kappa shape index (κ2) is 10.5. The molecule has 2 rings (SSSR count). The molecule has 2 heterocycles. The van der Waals surface area contributed by atoms with Gasteiger partial charge in [-0.3, -0.25) is 0 Å². The van der Waals surface area contributed by atoms with Crippen molar-refractivity contribution in [3.8, 4) is 0 Å². The van der Waals surface area contributed by atoms with E-state index in [1.165, 1.54) is 0 Å². The molecule has 0 aromatic rings. The Morgan fingerprint density at radius 2 is 2.00 bits per heavy atom. The molecule has 2 aliphatic heterocycles. The fourth-order valence-electron chi connectivity index (χ4n) is 2.91. The molecule has 12 heteroatoms. The van der Waals surface area contributed by atoms with Crippen molar-refractivity contribution in [1.29, 1.82) is 0 Å². The van der Waals surface area contributed by atoms with Crippen molar-refractivity contribution in [2.24, 2.45) is 10.8 Å². The van der Waals surface area contributed by atoms with Crippen molar-refractivity contribution in [2.45, 2.75) is 59.7 Å². The number of ether oxygens (including phenoxy) is 2. The van der Waals surface area contributed by atoms with Crippen LogP contribution in [-0.4, -0.2) is 68.0 Å². The first-order valence-electron chi connectivity index (χ1n) is 10.4. The number of hydrogen-bond donors (Lipinski definition) is 3. The first-order chi connectivity index (χ1) is 14.3. The van der Waals surface area contributed by atoms with Crippen LogP contribution in [0.2, 0.25) is 0 Å². The molecule has 180 valence electrons. The summed E-state index contributed by atoms with van der Waals surface area (Å²) in [7, 11) is -4.20. The number of hydrogen-bond acceptors (Lipinski definition) is 10. The summed E-state index contributed by atoms with van der Waals surface area (Å²) in [6, 6.07) is 0. The third-order valence-corrected chi connectivity index (χ3v) is 6.35. The predicted octanol–water partition coefficient (Wildman–Crippen LogP) is 0.805. The van der Waals surface area contributed by atoms with Gasteiger partial charge in [-0.25, -0.2) is 0 Å². The molecular weight excluding hydrogens is 431 g/mol. The van der Waals surface area contributed by atoms with Crippen LogP contribution < -0.4 is 10.6 Å². The van der Waals surface area contributed by atoms with E-state index >= 15 is 0 Å². The van der Waals surface area contributed by atoms with Gasteiger partial charge in [0.05, 0.1) is 0 Å². The van der Waals surface area contributed by atoms with Gasteiger partial charge in [-0.1, -0.05) is 0 Å². The topological polar surface area (TPSA) is 142 Å². The van der Waals surface area contributed by atoms with E-state index in [0.717, 1.165) is 13.0 Å². The van der Waals surface area contributed by atoms with Crippen molar-refractivity contribution >= 4 is 26.0 Å². The van der Waals surface area contributed by atoms with E-state index in [4.69, 9.17) is 23.0 Å². The summed E-state index contributed by atoms with van der Waals surface area (Å²) in [6.07, 6.45) is -0.415. The quantitative estimate of drug-likeness (QED) is 0.267. The van der Waals surface area contributed by atoms with Crippen LogP contribution in [0.1, 0.15) is 47.5 Å². The molecule has 2 atom stereocenters. The second-order valence-corrected chi connectivity index (χ2v) is 11.2. The van der Waals surface area contributed by atoms with Crippen LogP contribution in [-0.2, 0) is 37.4 Å². The summed E-state index contributed by atoms with van der Waals surface area (Å²) < 4.78 is 26.3. The third-order valence-electron chi connectivity index (χ3n) is 4.83. The first kappa shape index (κ1) is 25.9. The molecule has 2 saturated heterocycles. The Labute approximate surface area is 183 Å². The van der Waals surface area contributed by atoms with Gasteiger partial charge in [-0.05, 0) is 0 Å². The van der Waals surface area contributed by atoms with Gasteiger partial charge in [-0.2, -0.15) is 0 Å². The van der Waals surface area contributed by atoms with Crippen molar-refractivity contribution in [1.82, 2.24) is 10.6 Å². The molecule has 0 spiro atoms. The molecule has 0 aromatic carbocycles. The molecule has 1 unspecified atom stereocenters. The first-order valence-corrected chi connectivity index (χ1v) is 12.0. The number of esters is 2. The van der Waals surface area contributed by atoms with Crippen molar-refractivity contribution in [3.05, 3.63) is 0 Å². The Bertz CT molecular complexity index is 661. The Balaban J connectivity index is 1.82. The Kier molecular flexibility index (Phi) is 8.77. The van der Waals surface area contributed by atoms with E-state index in [-0.39, 0.29) is 25.7 Å². The molecule has 2 aliphatic rings. The molecule has 0 radical (unpaired) electrons. The maximum atomic E-state index is 12.7. The summed E-state index contributed by atoms with van der Waals surface area (Å²) in [5.41, 5.74) is -1.49. The molecular formula is C19H35N2O9P. The number of rotatable bonds is 8. The molecule has 0 aromatic heterocycles. The normalized spacial score (nSPS) is 26.0. The Morgan fingerprint density at radius 3 is 2.61 bits per heavy atom. The van der Waals surface area contributed by atoms with Gasteiger partial charge >= 0.3 is 183 Å². The molecule has 0 aliphatic carbocycles. The van der Waals surface area contributed by atoms with Gasteiger partial charge in [-0.15, -0.1) is 0 Å². The fourth-order valence-corrected chi connectivity index (χ4v) is 4.61. The number of carbonyl (C=O) groups excluding carboxylic acids is 3. The molecule has 1 amide bonds. The van der Waals surface area contributed by atoms with Crippen LogP contribution in [0.15, 0.2) is 0 Å². The molecule has 0 bridgehead atoms. The van der Waals surface area contributed by atoms with Gasteiger partial charge < -0.3 is 0 Å². The number of amides is 1. The number of nitrogens with one attached hydrogen (secondary N) is 2. The zero-order chi connectivity index (χ0) is 23.3. The van der Waals surface area contributed by atoms with Gasteiger partial charge in [0.25, 0.3) is 0 Å². The second-order valence-electron chi connectivity index (χ2n) is 9.39. The summed E-state index contributed by atoms with van der Waals surface area (Å²) in [6.45, 7) is 9.48. The van der Waals surface area contributed by atoms with Crippen LogP contribution >= 0.6 is 8.17 Å². The Hall–Kier alpha value is -1.36. The minimum absolute atomic E-state index is 0.00223. The Morgan fingerprint density at radius 1 is 1.29 bits per heavy atom.